The molecular formula is C11H15FN2O2. The van der Waals surface area contributed by atoms with Gasteiger partial charge in [-0.25, -0.2) is 4.39 Å². The highest BCUT2D eigenvalue weighted by Gasteiger charge is 2.08. The second kappa shape index (κ2) is 6.07. The molecule has 1 aromatic carbocycles. The van der Waals surface area contributed by atoms with Crippen molar-refractivity contribution in [1.29, 1.82) is 0 Å². The first kappa shape index (κ1) is 12.4. The summed E-state index contributed by atoms with van der Waals surface area (Å²) in [5.41, 5.74) is 0.475. The van der Waals surface area contributed by atoms with Crippen LogP contribution in [0.25, 0.3) is 0 Å². The molecule has 0 fully saturated rings. The van der Waals surface area contributed by atoms with E-state index in [0.29, 0.717) is 18.0 Å². The van der Waals surface area contributed by atoms with E-state index in [-0.39, 0.29) is 12.5 Å². The second-order valence-electron chi connectivity index (χ2n) is 3.15. The minimum Gasteiger partial charge on any atom is -0.492 e. The lowest BCUT2D eigenvalue weighted by Crippen LogP contribution is -2.25. The molecule has 4 nitrogen and oxygen atoms in total. The van der Waals surface area contributed by atoms with Crippen LogP contribution >= 0.6 is 0 Å². The molecule has 0 aliphatic heterocycles. The Kier molecular flexibility index (Phi) is 4.72. The van der Waals surface area contributed by atoms with Crippen molar-refractivity contribution in [2.75, 3.05) is 25.5 Å². The third-order valence-corrected chi connectivity index (χ3v) is 1.85. The standard InChI is InChI=1S/C11H15FN2O2/c1-3-16-10-6-8(12)4-5-9(10)14-11(15)7-13-2/h4-6,13H,3,7H2,1-2H3,(H,14,15). The summed E-state index contributed by atoms with van der Waals surface area (Å²) >= 11 is 0. The molecule has 0 aliphatic rings. The number of likely N-dealkylation sites (N-methyl/N-ethyl adjacent to an activating group) is 1. The van der Waals surface area contributed by atoms with Crippen LogP contribution in [0.2, 0.25) is 0 Å². The van der Waals surface area contributed by atoms with Crippen molar-refractivity contribution < 1.29 is 13.9 Å². The van der Waals surface area contributed by atoms with Crippen molar-refractivity contribution in [2.45, 2.75) is 6.92 Å². The van der Waals surface area contributed by atoms with E-state index < -0.39 is 5.82 Å². The predicted molar refractivity (Wildman–Crippen MR) is 60.1 cm³/mol. The van der Waals surface area contributed by atoms with Gasteiger partial charge in [-0.1, -0.05) is 0 Å². The molecule has 1 aromatic rings. The van der Waals surface area contributed by atoms with Crippen LogP contribution < -0.4 is 15.4 Å². The number of halogens is 1. The van der Waals surface area contributed by atoms with Crippen molar-refractivity contribution in [3.05, 3.63) is 24.0 Å². The molecular weight excluding hydrogens is 211 g/mol. The minimum absolute atomic E-state index is 0.197. The van der Waals surface area contributed by atoms with Crippen LogP contribution in [0.1, 0.15) is 6.92 Å². The van der Waals surface area contributed by atoms with Gasteiger partial charge in [-0.3, -0.25) is 4.79 Å². The van der Waals surface area contributed by atoms with E-state index >= 15 is 0 Å². The first-order chi connectivity index (χ1) is 7.67. The van der Waals surface area contributed by atoms with Crippen molar-refractivity contribution in [2.24, 2.45) is 0 Å². The molecule has 1 amide bonds. The molecule has 0 aliphatic carbocycles. The van der Waals surface area contributed by atoms with E-state index in [2.05, 4.69) is 10.6 Å². The number of carbonyl (C=O) groups excluding carboxylic acids is 1. The van der Waals surface area contributed by atoms with E-state index in [1.54, 1.807) is 14.0 Å². The van der Waals surface area contributed by atoms with E-state index in [9.17, 15) is 9.18 Å². The Labute approximate surface area is 93.8 Å². The number of amides is 1. The summed E-state index contributed by atoms with van der Waals surface area (Å²) in [6.45, 7) is 2.41. The normalized spacial score (nSPS) is 9.94. The first-order valence-corrected chi connectivity index (χ1v) is 5.04. The molecule has 0 unspecified atom stereocenters. The van der Waals surface area contributed by atoms with Gasteiger partial charge in [0.2, 0.25) is 5.91 Å². The van der Waals surface area contributed by atoms with Gasteiger partial charge in [0.25, 0.3) is 0 Å². The highest BCUT2D eigenvalue weighted by molar-refractivity contribution is 5.93. The maximum Gasteiger partial charge on any atom is 0.238 e. The SMILES string of the molecule is CCOc1cc(F)ccc1NC(=O)CNC. The Bertz CT molecular complexity index is 369. The maximum absolute atomic E-state index is 13.0. The number of nitrogens with one attached hydrogen (secondary N) is 2. The molecule has 0 heterocycles. The van der Waals surface area contributed by atoms with Crippen molar-refractivity contribution >= 4 is 11.6 Å². The number of hydrogen-bond acceptors (Lipinski definition) is 3. The Morgan fingerprint density at radius 3 is 2.88 bits per heavy atom. The Morgan fingerprint density at radius 1 is 1.50 bits per heavy atom. The summed E-state index contributed by atoms with van der Waals surface area (Å²) in [6, 6.07) is 4.00. The number of benzene rings is 1. The van der Waals surface area contributed by atoms with E-state index in [4.69, 9.17) is 4.74 Å². The summed E-state index contributed by atoms with van der Waals surface area (Å²) in [6.07, 6.45) is 0. The van der Waals surface area contributed by atoms with E-state index in [0.717, 1.165) is 0 Å². The zero-order valence-electron chi connectivity index (χ0n) is 9.34. The molecule has 0 saturated carbocycles. The third-order valence-electron chi connectivity index (χ3n) is 1.85. The van der Waals surface area contributed by atoms with Crippen LogP contribution in [0.3, 0.4) is 0 Å². The molecule has 88 valence electrons. The minimum atomic E-state index is -0.393. The van der Waals surface area contributed by atoms with Gasteiger partial charge in [-0.2, -0.15) is 0 Å². The summed E-state index contributed by atoms with van der Waals surface area (Å²) in [5.74, 6) is -0.253. The lowest BCUT2D eigenvalue weighted by atomic mass is 10.2. The van der Waals surface area contributed by atoms with Crippen LogP contribution in [-0.4, -0.2) is 26.1 Å². The summed E-state index contributed by atoms with van der Waals surface area (Å²) in [5, 5.41) is 5.35. The first-order valence-electron chi connectivity index (χ1n) is 5.04. The molecule has 0 bridgehead atoms. The van der Waals surface area contributed by atoms with Crippen LogP contribution in [0.15, 0.2) is 18.2 Å². The van der Waals surface area contributed by atoms with E-state index in [1.807, 2.05) is 0 Å². The van der Waals surface area contributed by atoms with Gasteiger partial charge in [0.05, 0.1) is 18.8 Å². The van der Waals surface area contributed by atoms with E-state index in [1.165, 1.54) is 18.2 Å². The highest BCUT2D eigenvalue weighted by atomic mass is 19.1. The van der Waals surface area contributed by atoms with Crippen LogP contribution in [0.5, 0.6) is 5.75 Å². The fourth-order valence-corrected chi connectivity index (χ4v) is 1.23. The van der Waals surface area contributed by atoms with Gasteiger partial charge in [-0.05, 0) is 26.1 Å². The van der Waals surface area contributed by atoms with Crippen molar-refractivity contribution in [1.82, 2.24) is 5.32 Å². The quantitative estimate of drug-likeness (QED) is 0.797. The predicted octanol–water partition coefficient (Wildman–Crippen LogP) is 1.38. The molecule has 0 spiro atoms. The average Bonchev–Trinajstić information content (AvgIpc) is 2.23. The van der Waals surface area contributed by atoms with Gasteiger partial charge < -0.3 is 15.4 Å². The lowest BCUT2D eigenvalue weighted by molar-refractivity contribution is -0.115. The Morgan fingerprint density at radius 2 is 2.25 bits per heavy atom. The van der Waals surface area contributed by atoms with Gasteiger partial charge in [0.1, 0.15) is 11.6 Å². The van der Waals surface area contributed by atoms with Crippen LogP contribution in [0, 0.1) is 5.82 Å². The summed E-state index contributed by atoms with van der Waals surface area (Å²) in [7, 11) is 1.67. The Balaban J connectivity index is 2.81. The highest BCUT2D eigenvalue weighted by Crippen LogP contribution is 2.25. The smallest absolute Gasteiger partial charge is 0.238 e. The lowest BCUT2D eigenvalue weighted by Gasteiger charge is -2.11. The van der Waals surface area contributed by atoms with Crippen molar-refractivity contribution in [3.63, 3.8) is 0 Å². The van der Waals surface area contributed by atoms with Gasteiger partial charge in [0.15, 0.2) is 0 Å². The van der Waals surface area contributed by atoms with Crippen LogP contribution in [0.4, 0.5) is 10.1 Å². The van der Waals surface area contributed by atoms with Gasteiger partial charge >= 0.3 is 0 Å². The molecule has 0 aromatic heterocycles. The molecule has 16 heavy (non-hydrogen) atoms. The number of carbonyl (C=O) groups is 1. The molecule has 2 N–H and O–H groups in total. The zero-order chi connectivity index (χ0) is 12.0. The van der Waals surface area contributed by atoms with Gasteiger partial charge in [0, 0.05) is 6.07 Å². The second-order valence-corrected chi connectivity index (χ2v) is 3.15. The summed E-state index contributed by atoms with van der Waals surface area (Å²) < 4.78 is 18.2. The summed E-state index contributed by atoms with van der Waals surface area (Å²) in [4.78, 5) is 11.3. The number of ether oxygens (including phenoxy) is 1. The topological polar surface area (TPSA) is 50.4 Å². The monoisotopic (exact) mass is 226 g/mol. The third kappa shape index (κ3) is 3.51. The molecule has 0 radical (unpaired) electrons. The number of rotatable bonds is 5. The fourth-order valence-electron chi connectivity index (χ4n) is 1.23. The molecule has 1 rings (SSSR count). The van der Waals surface area contributed by atoms with Crippen molar-refractivity contribution in [3.8, 4) is 5.75 Å². The zero-order valence-corrected chi connectivity index (χ0v) is 9.34. The molecule has 5 heteroatoms. The maximum atomic E-state index is 13.0. The number of anilines is 1. The number of hydrogen-bond donors (Lipinski definition) is 2. The largest absolute Gasteiger partial charge is 0.492 e. The molecule has 0 atom stereocenters. The average molecular weight is 226 g/mol. The molecule has 0 saturated heterocycles. The Hall–Kier alpha value is -1.62. The fraction of sp³-hybridized carbons (Fsp3) is 0.364. The van der Waals surface area contributed by atoms with Gasteiger partial charge in [-0.15, -0.1) is 0 Å². The van der Waals surface area contributed by atoms with Crippen LogP contribution in [-0.2, 0) is 4.79 Å².